The van der Waals surface area contributed by atoms with Gasteiger partial charge in [0, 0.05) is 12.3 Å². The molecule has 2 fully saturated rings. The number of ether oxygens (including phenoxy) is 1. The predicted octanol–water partition coefficient (Wildman–Crippen LogP) is 5.65. The van der Waals surface area contributed by atoms with Crippen LogP contribution >= 0.6 is 0 Å². The van der Waals surface area contributed by atoms with E-state index in [-0.39, 0.29) is 12.0 Å². The summed E-state index contributed by atoms with van der Waals surface area (Å²) in [5.74, 6) is -0.110. The fraction of sp³-hybridized carbons (Fsp3) is 0.762. The normalized spacial score (nSPS) is 29.2. The number of allylic oxidation sites excluding steroid dienone is 2. The van der Waals surface area contributed by atoms with Gasteiger partial charge >= 0.3 is 5.97 Å². The van der Waals surface area contributed by atoms with Crippen molar-refractivity contribution in [1.29, 1.82) is 0 Å². The minimum Gasteiger partial charge on any atom is -0.481 e. The van der Waals surface area contributed by atoms with E-state index in [0.29, 0.717) is 12.0 Å². The molecule has 2 rings (SSSR count). The summed E-state index contributed by atoms with van der Waals surface area (Å²) in [6.07, 6.45) is 22.6. The number of aliphatic carboxylic acids is 1. The summed E-state index contributed by atoms with van der Waals surface area (Å²) < 4.78 is 6.28. The summed E-state index contributed by atoms with van der Waals surface area (Å²) in [6.45, 7) is 2.25. The van der Waals surface area contributed by atoms with E-state index in [2.05, 4.69) is 31.2 Å². The molecule has 0 aromatic carbocycles. The van der Waals surface area contributed by atoms with Crippen LogP contribution in [0, 0.1) is 5.92 Å². The predicted molar refractivity (Wildman–Crippen MR) is 98.1 cm³/mol. The van der Waals surface area contributed by atoms with E-state index in [4.69, 9.17) is 9.84 Å². The molecule has 3 heteroatoms. The highest BCUT2D eigenvalue weighted by molar-refractivity contribution is 5.66. The molecular weight excluding hydrogens is 300 g/mol. The zero-order chi connectivity index (χ0) is 17.3. The number of unbranched alkanes of at least 4 members (excludes halogenated alkanes) is 6. The van der Waals surface area contributed by atoms with Crippen LogP contribution in [0.3, 0.4) is 0 Å². The van der Waals surface area contributed by atoms with E-state index < -0.39 is 5.97 Å². The van der Waals surface area contributed by atoms with Gasteiger partial charge in [-0.2, -0.15) is 0 Å². The largest absolute Gasteiger partial charge is 0.481 e. The minimum absolute atomic E-state index is 0.0331. The highest BCUT2D eigenvalue weighted by Crippen LogP contribution is 2.48. The van der Waals surface area contributed by atoms with Crippen molar-refractivity contribution in [2.75, 3.05) is 0 Å². The van der Waals surface area contributed by atoms with Crippen LogP contribution in [0.25, 0.3) is 0 Å². The Morgan fingerprint density at radius 1 is 1.17 bits per heavy atom. The second kappa shape index (κ2) is 10.0. The number of carboxylic acids is 1. The minimum atomic E-state index is -0.695. The number of carbonyl (C=O) groups is 1. The van der Waals surface area contributed by atoms with Crippen LogP contribution in [-0.4, -0.2) is 22.8 Å². The van der Waals surface area contributed by atoms with Crippen molar-refractivity contribution >= 4 is 5.97 Å². The summed E-state index contributed by atoms with van der Waals surface area (Å²) in [5.41, 5.74) is -0.0331. The molecule has 0 aromatic heterocycles. The lowest BCUT2D eigenvalue weighted by Crippen LogP contribution is -2.23. The Kier molecular flexibility index (Phi) is 8.04. The quantitative estimate of drug-likeness (QED) is 0.370. The molecule has 24 heavy (non-hydrogen) atoms. The fourth-order valence-electron chi connectivity index (χ4n) is 3.97. The molecule has 2 aliphatic heterocycles. The third kappa shape index (κ3) is 6.08. The molecule has 0 spiro atoms. The molecule has 2 saturated heterocycles. The Balaban J connectivity index is 1.67. The average molecular weight is 335 g/mol. The van der Waals surface area contributed by atoms with Crippen molar-refractivity contribution in [2.45, 2.75) is 95.7 Å². The zero-order valence-corrected chi connectivity index (χ0v) is 15.2. The molecule has 2 heterocycles. The summed E-state index contributed by atoms with van der Waals surface area (Å²) >= 11 is 0. The van der Waals surface area contributed by atoms with Gasteiger partial charge in [-0.3, -0.25) is 4.79 Å². The molecule has 2 bridgehead atoms. The van der Waals surface area contributed by atoms with Gasteiger partial charge in [-0.05, 0) is 51.4 Å². The molecule has 0 aliphatic carbocycles. The Hall–Kier alpha value is -1.09. The maximum absolute atomic E-state index is 10.5. The monoisotopic (exact) mass is 334 g/mol. The van der Waals surface area contributed by atoms with Crippen LogP contribution in [0.5, 0.6) is 0 Å². The van der Waals surface area contributed by atoms with E-state index in [1.165, 1.54) is 38.5 Å². The number of fused-ring (bicyclic) bond motifs is 2. The van der Waals surface area contributed by atoms with Crippen molar-refractivity contribution in [3.8, 4) is 0 Å². The SMILES string of the molecule is CCCCCCC=C[C@@H]1C[C@]2(C=CCCCCC(=O)O)CC[C@H]1O2. The van der Waals surface area contributed by atoms with E-state index in [1.807, 2.05) is 0 Å². The smallest absolute Gasteiger partial charge is 0.303 e. The van der Waals surface area contributed by atoms with Gasteiger partial charge in [0.15, 0.2) is 0 Å². The molecule has 0 aromatic rings. The maximum Gasteiger partial charge on any atom is 0.303 e. The van der Waals surface area contributed by atoms with E-state index in [9.17, 15) is 4.79 Å². The number of rotatable bonds is 12. The van der Waals surface area contributed by atoms with E-state index in [0.717, 1.165) is 32.1 Å². The number of hydrogen-bond donors (Lipinski definition) is 1. The first-order valence-electron chi connectivity index (χ1n) is 9.89. The van der Waals surface area contributed by atoms with Gasteiger partial charge in [0.05, 0.1) is 11.7 Å². The lowest BCUT2D eigenvalue weighted by molar-refractivity contribution is -0.137. The van der Waals surface area contributed by atoms with Gasteiger partial charge in [0.2, 0.25) is 0 Å². The van der Waals surface area contributed by atoms with E-state index in [1.54, 1.807) is 0 Å². The molecular formula is C21H34O3. The highest BCUT2D eigenvalue weighted by Gasteiger charge is 2.49. The summed E-state index contributed by atoms with van der Waals surface area (Å²) in [4.78, 5) is 10.5. The lowest BCUT2D eigenvalue weighted by Gasteiger charge is -2.22. The first-order chi connectivity index (χ1) is 11.7. The molecule has 2 aliphatic rings. The van der Waals surface area contributed by atoms with Crippen molar-refractivity contribution in [1.82, 2.24) is 0 Å². The Labute approximate surface area is 147 Å². The van der Waals surface area contributed by atoms with Crippen LogP contribution in [0.1, 0.15) is 84.0 Å². The van der Waals surface area contributed by atoms with Crippen LogP contribution in [0.4, 0.5) is 0 Å². The Morgan fingerprint density at radius 3 is 2.75 bits per heavy atom. The van der Waals surface area contributed by atoms with Gasteiger partial charge in [-0.15, -0.1) is 0 Å². The van der Waals surface area contributed by atoms with Gasteiger partial charge < -0.3 is 9.84 Å². The van der Waals surface area contributed by atoms with Gasteiger partial charge in [0.25, 0.3) is 0 Å². The molecule has 0 saturated carbocycles. The van der Waals surface area contributed by atoms with Crippen molar-refractivity contribution in [3.63, 3.8) is 0 Å². The third-order valence-corrected chi connectivity index (χ3v) is 5.34. The van der Waals surface area contributed by atoms with Crippen LogP contribution in [-0.2, 0) is 9.53 Å². The standard InChI is InChI=1S/C21H34O3/c1-2-3-4-5-6-9-12-18-17-21(16-14-19(18)24-21)15-11-8-7-10-13-20(22)23/h9,11-12,15,18-19H,2-8,10,13-14,16-17H2,1H3,(H,22,23)/t18-,19-,21+/m1/s1. The second-order valence-corrected chi connectivity index (χ2v) is 7.45. The molecule has 136 valence electrons. The van der Waals surface area contributed by atoms with E-state index >= 15 is 0 Å². The van der Waals surface area contributed by atoms with Crippen LogP contribution in [0.2, 0.25) is 0 Å². The van der Waals surface area contributed by atoms with Crippen molar-refractivity contribution < 1.29 is 14.6 Å². The van der Waals surface area contributed by atoms with Crippen LogP contribution < -0.4 is 0 Å². The molecule has 0 unspecified atom stereocenters. The van der Waals surface area contributed by atoms with Crippen LogP contribution in [0.15, 0.2) is 24.3 Å². The third-order valence-electron chi connectivity index (χ3n) is 5.34. The van der Waals surface area contributed by atoms with Gasteiger partial charge in [-0.25, -0.2) is 0 Å². The fourth-order valence-corrected chi connectivity index (χ4v) is 3.97. The maximum atomic E-state index is 10.5. The number of hydrogen-bond acceptors (Lipinski definition) is 2. The Morgan fingerprint density at radius 2 is 1.96 bits per heavy atom. The summed E-state index contributed by atoms with van der Waals surface area (Å²) in [5, 5.41) is 8.64. The molecule has 3 nitrogen and oxygen atoms in total. The zero-order valence-electron chi connectivity index (χ0n) is 15.2. The molecule has 3 atom stereocenters. The lowest BCUT2D eigenvalue weighted by atomic mass is 9.80. The van der Waals surface area contributed by atoms with Gasteiger partial charge in [-0.1, -0.05) is 50.5 Å². The first-order valence-corrected chi connectivity index (χ1v) is 9.89. The second-order valence-electron chi connectivity index (χ2n) is 7.45. The highest BCUT2D eigenvalue weighted by atomic mass is 16.5. The van der Waals surface area contributed by atoms with Crippen molar-refractivity contribution in [3.05, 3.63) is 24.3 Å². The number of carboxylic acid groups (broad SMARTS) is 1. The van der Waals surface area contributed by atoms with Crippen molar-refractivity contribution in [2.24, 2.45) is 5.92 Å². The topological polar surface area (TPSA) is 46.5 Å². The summed E-state index contributed by atoms with van der Waals surface area (Å²) in [6, 6.07) is 0. The van der Waals surface area contributed by atoms with Gasteiger partial charge in [0.1, 0.15) is 0 Å². The average Bonchev–Trinajstić information content (AvgIpc) is 3.12. The first kappa shape index (κ1) is 19.2. The Bertz CT molecular complexity index is 440. The summed E-state index contributed by atoms with van der Waals surface area (Å²) in [7, 11) is 0. The molecule has 0 radical (unpaired) electrons. The molecule has 1 N–H and O–H groups in total. The molecule has 0 amide bonds.